The van der Waals surface area contributed by atoms with Crippen molar-refractivity contribution in [2.45, 2.75) is 31.1 Å². The predicted molar refractivity (Wildman–Crippen MR) is 247 cm³/mol. The maximum atomic E-state index is 2.59. The van der Waals surface area contributed by atoms with E-state index in [1.54, 1.807) is 0 Å². The zero-order valence-electron chi connectivity index (χ0n) is 32.6. The number of hydrogen-bond donors (Lipinski definition) is 0. The van der Waals surface area contributed by atoms with Gasteiger partial charge in [-0.1, -0.05) is 183 Å². The van der Waals surface area contributed by atoms with Crippen LogP contribution in [0.3, 0.4) is 0 Å². The van der Waals surface area contributed by atoms with Crippen LogP contribution in [-0.2, 0) is 5.41 Å². The van der Waals surface area contributed by atoms with E-state index < -0.39 is 0 Å². The zero-order valence-corrected chi connectivity index (χ0v) is 33.4. The quantitative estimate of drug-likeness (QED) is 0.156. The van der Waals surface area contributed by atoms with E-state index in [0.29, 0.717) is 0 Å². The number of rotatable bonds is 7. The van der Waals surface area contributed by atoms with Crippen molar-refractivity contribution in [3.63, 3.8) is 0 Å². The Morgan fingerprint density at radius 2 is 1.16 bits per heavy atom. The monoisotopic (exact) mass is 761 g/mol. The highest BCUT2D eigenvalue weighted by Gasteiger charge is 2.59. The molecule has 58 heavy (non-hydrogen) atoms. The van der Waals surface area contributed by atoms with Crippen LogP contribution in [0, 0.1) is 5.41 Å². The minimum absolute atomic E-state index is 0.204. The number of hydrogen-bond acceptors (Lipinski definition) is 2. The molecule has 3 unspecified atom stereocenters. The van der Waals surface area contributed by atoms with Gasteiger partial charge in [-0.25, -0.2) is 0 Å². The number of anilines is 2. The number of benzene rings is 7. The van der Waals surface area contributed by atoms with Crippen molar-refractivity contribution in [3.8, 4) is 22.3 Å². The number of nitrogens with zero attached hydrogens (tertiary/aromatic N) is 1. The highest BCUT2D eigenvalue weighted by molar-refractivity contribution is 7.26. The second-order valence-electron chi connectivity index (χ2n) is 16.2. The molecule has 11 rings (SSSR count). The molecule has 8 aromatic rings. The van der Waals surface area contributed by atoms with Gasteiger partial charge in [0.1, 0.15) is 0 Å². The second kappa shape index (κ2) is 13.9. The van der Waals surface area contributed by atoms with Crippen LogP contribution in [0.15, 0.2) is 224 Å². The van der Waals surface area contributed by atoms with Gasteiger partial charge in [-0.2, -0.15) is 0 Å². The average molecular weight is 762 g/mol. The first-order valence-corrected chi connectivity index (χ1v) is 21.3. The van der Waals surface area contributed by atoms with Crippen molar-refractivity contribution >= 4 is 42.9 Å². The zero-order chi connectivity index (χ0) is 38.7. The number of allylic oxidation sites excluding steroid dienone is 7. The Morgan fingerprint density at radius 3 is 1.78 bits per heavy atom. The van der Waals surface area contributed by atoms with Crippen LogP contribution in [0.5, 0.6) is 0 Å². The van der Waals surface area contributed by atoms with Crippen LogP contribution in [0.1, 0.15) is 42.4 Å². The van der Waals surface area contributed by atoms with Gasteiger partial charge < -0.3 is 4.90 Å². The fourth-order valence-corrected chi connectivity index (χ4v) is 11.7. The van der Waals surface area contributed by atoms with Gasteiger partial charge in [-0.15, -0.1) is 11.3 Å². The van der Waals surface area contributed by atoms with Crippen LogP contribution in [0.4, 0.5) is 11.4 Å². The average Bonchev–Trinajstić information content (AvgIpc) is 3.82. The molecule has 3 aliphatic rings. The summed E-state index contributed by atoms with van der Waals surface area (Å²) in [5, 5.41) is 2.73. The molecule has 0 N–H and O–H groups in total. The van der Waals surface area contributed by atoms with Gasteiger partial charge in [0.15, 0.2) is 0 Å². The standard InChI is InChI=1S/C56H43NS/c1-55(36-14-5-15-37-55)56(43-20-10-4-11-21-43)50-35-34-48-47-22-12-13-23-52(47)58-54(48)53(50)49-33-32-46(38-51(49)56)57(44-28-24-41(25-29-44)39-16-6-2-7-17-39)45-30-26-42(27-31-45)40-18-8-3-9-19-40/h2-32,34-36,38,49H,33,37H2,1H3. The van der Waals surface area contributed by atoms with Crippen molar-refractivity contribution in [2.75, 3.05) is 4.90 Å². The Balaban J connectivity index is 1.14. The molecule has 3 aliphatic carbocycles. The normalized spacial score (nSPS) is 20.7. The molecule has 0 aliphatic heterocycles. The van der Waals surface area contributed by atoms with E-state index in [1.807, 2.05) is 11.3 Å². The van der Waals surface area contributed by atoms with Crippen LogP contribution in [0.25, 0.3) is 42.4 Å². The molecule has 1 heterocycles. The molecular weight excluding hydrogens is 719 g/mol. The molecular formula is C56H43NS. The van der Waals surface area contributed by atoms with Gasteiger partial charge in [0.25, 0.3) is 0 Å². The lowest BCUT2D eigenvalue weighted by Crippen LogP contribution is -2.44. The molecule has 2 heteroatoms. The lowest BCUT2D eigenvalue weighted by atomic mass is 9.53. The van der Waals surface area contributed by atoms with Crippen molar-refractivity contribution in [1.29, 1.82) is 0 Å². The predicted octanol–water partition coefficient (Wildman–Crippen LogP) is 15.3. The molecule has 0 spiro atoms. The summed E-state index contributed by atoms with van der Waals surface area (Å²) >= 11 is 1.97. The van der Waals surface area contributed by atoms with Crippen molar-refractivity contribution < 1.29 is 0 Å². The Bertz CT molecular complexity index is 2850. The molecule has 7 aromatic carbocycles. The van der Waals surface area contributed by atoms with E-state index in [0.717, 1.165) is 24.2 Å². The lowest BCUT2D eigenvalue weighted by molar-refractivity contribution is 0.284. The van der Waals surface area contributed by atoms with Gasteiger partial charge in [-0.05, 0) is 93.8 Å². The lowest BCUT2D eigenvalue weighted by Gasteiger charge is -2.49. The summed E-state index contributed by atoms with van der Waals surface area (Å²) < 4.78 is 2.80. The van der Waals surface area contributed by atoms with E-state index in [1.165, 1.54) is 70.4 Å². The second-order valence-corrected chi connectivity index (χ2v) is 17.3. The van der Waals surface area contributed by atoms with Crippen molar-refractivity contribution in [3.05, 3.63) is 240 Å². The smallest absolute Gasteiger partial charge is 0.0515 e. The van der Waals surface area contributed by atoms with E-state index >= 15 is 0 Å². The first-order chi connectivity index (χ1) is 28.6. The van der Waals surface area contributed by atoms with Crippen LogP contribution in [0.2, 0.25) is 0 Å². The first-order valence-electron chi connectivity index (χ1n) is 20.5. The summed E-state index contributed by atoms with van der Waals surface area (Å²) in [5.74, 6) is 0.245. The van der Waals surface area contributed by atoms with Gasteiger partial charge >= 0.3 is 0 Å². The third kappa shape index (κ3) is 5.36. The highest BCUT2D eigenvalue weighted by atomic mass is 32.1. The van der Waals surface area contributed by atoms with Gasteiger partial charge in [0.05, 0.1) is 5.41 Å². The van der Waals surface area contributed by atoms with Crippen LogP contribution < -0.4 is 4.90 Å². The molecule has 1 aromatic heterocycles. The summed E-state index contributed by atoms with van der Waals surface area (Å²) in [5.41, 5.74) is 13.6. The molecule has 278 valence electrons. The number of fused-ring (bicyclic) bond motifs is 7. The summed E-state index contributed by atoms with van der Waals surface area (Å²) in [7, 11) is 0. The minimum Gasteiger partial charge on any atom is -0.311 e. The third-order valence-electron chi connectivity index (χ3n) is 13.1. The molecule has 0 amide bonds. The Morgan fingerprint density at radius 1 is 0.569 bits per heavy atom. The molecule has 0 saturated heterocycles. The van der Waals surface area contributed by atoms with E-state index in [4.69, 9.17) is 0 Å². The Labute approximate surface area is 345 Å². The third-order valence-corrected chi connectivity index (χ3v) is 14.3. The molecule has 3 atom stereocenters. The maximum absolute atomic E-state index is 2.59. The summed E-state index contributed by atoms with van der Waals surface area (Å²) in [6.45, 7) is 2.50. The fraction of sp³-hybridized carbons (Fsp3) is 0.107. The Hall–Kier alpha value is -6.48. The first kappa shape index (κ1) is 34.7. The van der Waals surface area contributed by atoms with E-state index in [9.17, 15) is 0 Å². The SMILES string of the molecule is CC1(C2(c3ccccc3)C3=CC(N(c4ccc(-c5ccccc5)cc4)c4ccc(-c5ccccc5)cc4)=CCC3c3c2ccc2c3sc3ccccc32)C=CC=CC1. The fourth-order valence-electron chi connectivity index (χ4n) is 10.4. The topological polar surface area (TPSA) is 3.24 Å². The minimum atomic E-state index is -0.389. The Kier molecular flexibility index (Phi) is 8.31. The van der Waals surface area contributed by atoms with Gasteiger partial charge in [0.2, 0.25) is 0 Å². The van der Waals surface area contributed by atoms with Gasteiger partial charge in [0, 0.05) is 48.6 Å². The highest BCUT2D eigenvalue weighted by Crippen LogP contribution is 2.67. The van der Waals surface area contributed by atoms with Crippen molar-refractivity contribution in [2.24, 2.45) is 5.41 Å². The van der Waals surface area contributed by atoms with Crippen molar-refractivity contribution in [1.82, 2.24) is 0 Å². The number of thiophene rings is 1. The molecule has 1 nitrogen and oxygen atoms in total. The van der Waals surface area contributed by atoms with Gasteiger partial charge in [-0.3, -0.25) is 0 Å². The summed E-state index contributed by atoms with van der Waals surface area (Å²) in [4.78, 5) is 2.49. The molecule has 0 radical (unpaired) electrons. The van der Waals surface area contributed by atoms with E-state index in [2.05, 4.69) is 224 Å². The molecule has 0 saturated carbocycles. The summed E-state index contributed by atoms with van der Waals surface area (Å²) in [6.07, 6.45) is 16.4. The largest absolute Gasteiger partial charge is 0.311 e. The molecule has 0 fully saturated rings. The van der Waals surface area contributed by atoms with E-state index in [-0.39, 0.29) is 16.7 Å². The van der Waals surface area contributed by atoms with Crippen LogP contribution in [-0.4, -0.2) is 0 Å². The maximum Gasteiger partial charge on any atom is 0.0515 e. The molecule has 0 bridgehead atoms. The van der Waals surface area contributed by atoms with Crippen LogP contribution >= 0.6 is 11.3 Å². The summed E-state index contributed by atoms with van der Waals surface area (Å²) in [6, 6.07) is 64.9.